The van der Waals surface area contributed by atoms with Crippen LogP contribution in [-0.2, 0) is 21.1 Å². The molecular weight excluding hydrogens is 314 g/mol. The van der Waals surface area contributed by atoms with Crippen LogP contribution in [0.1, 0.15) is 32.3 Å². The fraction of sp³-hybridized carbons (Fsp3) is 0.588. The molecule has 0 spiro atoms. The van der Waals surface area contributed by atoms with Gasteiger partial charge in [0.1, 0.15) is 5.75 Å². The minimum atomic E-state index is -3.00. The molecule has 1 aromatic rings. The molecule has 0 aromatic heterocycles. The zero-order chi connectivity index (χ0) is 16.9. The molecule has 1 heterocycles. The molecule has 0 radical (unpaired) electrons. The lowest BCUT2D eigenvalue weighted by atomic mass is 10.1. The molecule has 128 valence electrons. The minimum absolute atomic E-state index is 0.00162. The van der Waals surface area contributed by atoms with E-state index in [9.17, 15) is 13.2 Å². The van der Waals surface area contributed by atoms with Gasteiger partial charge >= 0.3 is 0 Å². The highest BCUT2D eigenvalue weighted by molar-refractivity contribution is 7.92. The summed E-state index contributed by atoms with van der Waals surface area (Å²) in [6, 6.07) is 7.72. The van der Waals surface area contributed by atoms with E-state index in [0.29, 0.717) is 31.7 Å². The van der Waals surface area contributed by atoms with E-state index in [-0.39, 0.29) is 23.5 Å². The second-order valence-electron chi connectivity index (χ2n) is 5.82. The molecule has 0 unspecified atom stereocenters. The van der Waals surface area contributed by atoms with E-state index in [1.165, 1.54) is 5.56 Å². The van der Waals surface area contributed by atoms with Gasteiger partial charge in [0.25, 0.3) is 5.91 Å². The Morgan fingerprint density at radius 2 is 1.96 bits per heavy atom. The number of aryl methyl sites for hydroxylation is 1. The van der Waals surface area contributed by atoms with Gasteiger partial charge in [0.15, 0.2) is 16.4 Å². The van der Waals surface area contributed by atoms with Crippen molar-refractivity contribution in [3.63, 3.8) is 0 Å². The second-order valence-corrected chi connectivity index (χ2v) is 8.39. The number of piperidine rings is 1. The van der Waals surface area contributed by atoms with Crippen molar-refractivity contribution >= 4 is 15.7 Å². The Morgan fingerprint density at radius 1 is 1.26 bits per heavy atom. The van der Waals surface area contributed by atoms with Crippen LogP contribution in [0.4, 0.5) is 0 Å². The molecule has 0 N–H and O–H groups in total. The quantitative estimate of drug-likeness (QED) is 0.796. The average molecular weight is 339 g/mol. The fourth-order valence-corrected chi connectivity index (χ4v) is 4.19. The van der Waals surface area contributed by atoms with E-state index in [0.717, 1.165) is 6.42 Å². The van der Waals surface area contributed by atoms with Crippen LogP contribution >= 0.6 is 0 Å². The summed E-state index contributed by atoms with van der Waals surface area (Å²) in [5.41, 5.74) is 1.17. The Bertz CT molecular complexity index is 634. The lowest BCUT2D eigenvalue weighted by molar-refractivity contribution is -0.134. The number of likely N-dealkylation sites (tertiary alicyclic amines) is 1. The normalized spacial score (nSPS) is 16.3. The second kappa shape index (κ2) is 7.81. The average Bonchev–Trinajstić information content (AvgIpc) is 2.60. The maximum Gasteiger partial charge on any atom is 0.260 e. The summed E-state index contributed by atoms with van der Waals surface area (Å²) in [6.45, 7) is 4.71. The Labute approximate surface area is 138 Å². The van der Waals surface area contributed by atoms with Crippen LogP contribution in [0.25, 0.3) is 0 Å². The van der Waals surface area contributed by atoms with Gasteiger partial charge in [-0.05, 0) is 37.0 Å². The SMILES string of the molecule is CCc1cccc(OCC(=O)N2CCC(S(=O)(=O)CC)CC2)c1. The lowest BCUT2D eigenvalue weighted by Crippen LogP contribution is -2.44. The van der Waals surface area contributed by atoms with E-state index in [2.05, 4.69) is 6.92 Å². The van der Waals surface area contributed by atoms with Crippen LogP contribution in [0.3, 0.4) is 0 Å². The number of amides is 1. The molecule has 5 nitrogen and oxygen atoms in total. The number of ether oxygens (including phenoxy) is 1. The fourth-order valence-electron chi connectivity index (χ4n) is 2.79. The largest absolute Gasteiger partial charge is 0.484 e. The monoisotopic (exact) mass is 339 g/mol. The number of rotatable bonds is 6. The number of sulfone groups is 1. The highest BCUT2D eigenvalue weighted by Crippen LogP contribution is 2.19. The first-order valence-electron chi connectivity index (χ1n) is 8.17. The zero-order valence-corrected chi connectivity index (χ0v) is 14.6. The number of hydrogen-bond acceptors (Lipinski definition) is 4. The van der Waals surface area contributed by atoms with Gasteiger partial charge in [0.2, 0.25) is 0 Å². The summed E-state index contributed by atoms with van der Waals surface area (Å²) in [7, 11) is -3.00. The highest BCUT2D eigenvalue weighted by Gasteiger charge is 2.30. The molecule has 1 fully saturated rings. The summed E-state index contributed by atoms with van der Waals surface area (Å²) in [5.74, 6) is 0.781. The third-order valence-corrected chi connectivity index (χ3v) is 6.67. The zero-order valence-electron chi connectivity index (χ0n) is 13.8. The molecule has 1 saturated heterocycles. The van der Waals surface area contributed by atoms with Crippen molar-refractivity contribution in [1.82, 2.24) is 4.90 Å². The molecule has 23 heavy (non-hydrogen) atoms. The molecular formula is C17H25NO4S. The molecule has 6 heteroatoms. The van der Waals surface area contributed by atoms with Crippen molar-refractivity contribution in [1.29, 1.82) is 0 Å². The van der Waals surface area contributed by atoms with Gasteiger partial charge in [-0.1, -0.05) is 26.0 Å². The maximum atomic E-state index is 12.2. The first-order valence-corrected chi connectivity index (χ1v) is 9.89. The third-order valence-electron chi connectivity index (χ3n) is 4.37. The molecule has 1 aliphatic heterocycles. The topological polar surface area (TPSA) is 63.7 Å². The number of carbonyl (C=O) groups excluding carboxylic acids is 1. The first-order chi connectivity index (χ1) is 11.0. The van der Waals surface area contributed by atoms with Gasteiger partial charge < -0.3 is 9.64 Å². The summed E-state index contributed by atoms with van der Waals surface area (Å²) >= 11 is 0. The summed E-state index contributed by atoms with van der Waals surface area (Å²) in [5, 5.41) is -0.307. The van der Waals surface area contributed by atoms with E-state index < -0.39 is 9.84 Å². The van der Waals surface area contributed by atoms with Crippen molar-refractivity contribution in [2.75, 3.05) is 25.4 Å². The van der Waals surface area contributed by atoms with Crippen molar-refractivity contribution in [3.05, 3.63) is 29.8 Å². The summed E-state index contributed by atoms with van der Waals surface area (Å²) in [6.07, 6.45) is 1.96. The van der Waals surface area contributed by atoms with Crippen LogP contribution in [0.2, 0.25) is 0 Å². The van der Waals surface area contributed by atoms with Crippen LogP contribution in [0, 0.1) is 0 Å². The number of hydrogen-bond donors (Lipinski definition) is 0. The molecule has 2 rings (SSSR count). The summed E-state index contributed by atoms with van der Waals surface area (Å²) in [4.78, 5) is 13.9. The number of nitrogens with zero attached hydrogens (tertiary/aromatic N) is 1. The van der Waals surface area contributed by atoms with Gasteiger partial charge in [0, 0.05) is 18.8 Å². The lowest BCUT2D eigenvalue weighted by Gasteiger charge is -2.31. The predicted octanol–water partition coefficient (Wildman–Crippen LogP) is 2.05. The van der Waals surface area contributed by atoms with E-state index in [1.54, 1.807) is 11.8 Å². The van der Waals surface area contributed by atoms with Crippen LogP contribution in [0.15, 0.2) is 24.3 Å². The van der Waals surface area contributed by atoms with Crippen molar-refractivity contribution in [3.8, 4) is 5.75 Å². The molecule has 0 aliphatic carbocycles. The molecule has 0 atom stereocenters. The van der Waals surface area contributed by atoms with E-state index >= 15 is 0 Å². The Kier molecular flexibility index (Phi) is 6.04. The molecule has 1 aliphatic rings. The third kappa shape index (κ3) is 4.70. The highest BCUT2D eigenvalue weighted by atomic mass is 32.2. The molecule has 0 saturated carbocycles. The Balaban J connectivity index is 1.83. The van der Waals surface area contributed by atoms with Crippen LogP contribution in [-0.4, -0.2) is 49.9 Å². The summed E-state index contributed by atoms with van der Waals surface area (Å²) < 4.78 is 29.3. The van der Waals surface area contributed by atoms with Gasteiger partial charge in [-0.3, -0.25) is 4.79 Å². The number of carbonyl (C=O) groups is 1. The van der Waals surface area contributed by atoms with E-state index in [1.807, 2.05) is 24.3 Å². The van der Waals surface area contributed by atoms with Gasteiger partial charge in [0.05, 0.1) is 5.25 Å². The molecule has 1 amide bonds. The first kappa shape index (κ1) is 17.8. The van der Waals surface area contributed by atoms with Crippen molar-refractivity contribution < 1.29 is 17.9 Å². The number of benzene rings is 1. The molecule has 0 bridgehead atoms. The smallest absolute Gasteiger partial charge is 0.260 e. The van der Waals surface area contributed by atoms with Gasteiger partial charge in [-0.15, -0.1) is 0 Å². The Morgan fingerprint density at radius 3 is 2.57 bits per heavy atom. The minimum Gasteiger partial charge on any atom is -0.484 e. The predicted molar refractivity (Wildman–Crippen MR) is 90.4 cm³/mol. The van der Waals surface area contributed by atoms with Gasteiger partial charge in [-0.2, -0.15) is 0 Å². The van der Waals surface area contributed by atoms with Crippen LogP contribution < -0.4 is 4.74 Å². The van der Waals surface area contributed by atoms with Crippen LogP contribution in [0.5, 0.6) is 5.75 Å². The van der Waals surface area contributed by atoms with Crippen molar-refractivity contribution in [2.24, 2.45) is 0 Å². The van der Waals surface area contributed by atoms with Crippen molar-refractivity contribution in [2.45, 2.75) is 38.4 Å². The van der Waals surface area contributed by atoms with Gasteiger partial charge in [-0.25, -0.2) is 8.42 Å². The van der Waals surface area contributed by atoms with E-state index in [4.69, 9.17) is 4.74 Å². The maximum absolute atomic E-state index is 12.2. The Hall–Kier alpha value is -1.56. The molecule has 1 aromatic carbocycles. The standard InChI is InChI=1S/C17H25NO4S/c1-3-14-6-5-7-15(12-14)22-13-17(19)18-10-8-16(9-11-18)23(20,21)4-2/h5-7,12,16H,3-4,8-11,13H2,1-2H3.